The number of aliphatic hydroxyl groups is 1. The molecule has 1 heterocycles. The van der Waals surface area contributed by atoms with E-state index in [1.54, 1.807) is 0 Å². The first-order valence-corrected chi connectivity index (χ1v) is 5.26. The van der Waals surface area contributed by atoms with E-state index in [0.717, 1.165) is 12.5 Å². The summed E-state index contributed by atoms with van der Waals surface area (Å²) in [4.78, 5) is 0. The van der Waals surface area contributed by atoms with Gasteiger partial charge < -0.3 is 10.4 Å². The summed E-state index contributed by atoms with van der Waals surface area (Å²) in [6.45, 7) is 1.55. The number of piperidine rings is 1. The van der Waals surface area contributed by atoms with Gasteiger partial charge in [0.1, 0.15) is 0 Å². The molecular formula is C10H19NO. The van der Waals surface area contributed by atoms with E-state index in [9.17, 15) is 5.11 Å². The van der Waals surface area contributed by atoms with Gasteiger partial charge in [-0.05, 0) is 44.1 Å². The first-order chi connectivity index (χ1) is 5.92. The predicted molar refractivity (Wildman–Crippen MR) is 48.9 cm³/mol. The van der Waals surface area contributed by atoms with Crippen LogP contribution in [0.3, 0.4) is 0 Å². The summed E-state index contributed by atoms with van der Waals surface area (Å²) in [6, 6.07) is 0.637. The van der Waals surface area contributed by atoms with E-state index in [4.69, 9.17) is 0 Å². The van der Waals surface area contributed by atoms with Crippen molar-refractivity contribution in [1.29, 1.82) is 0 Å². The SMILES string of the molecule is OC[C@@H]1CCC[C@H]2CCCN[C@H]21. The van der Waals surface area contributed by atoms with Crippen molar-refractivity contribution in [3.63, 3.8) is 0 Å². The minimum Gasteiger partial charge on any atom is -0.396 e. The second kappa shape index (κ2) is 3.75. The summed E-state index contributed by atoms with van der Waals surface area (Å²) in [5.74, 6) is 1.41. The van der Waals surface area contributed by atoms with Crippen LogP contribution in [0.15, 0.2) is 0 Å². The third-order valence-corrected chi connectivity index (χ3v) is 3.53. The summed E-state index contributed by atoms with van der Waals surface area (Å²) in [5, 5.41) is 12.8. The Labute approximate surface area is 74.4 Å². The number of fused-ring (bicyclic) bond motifs is 1. The van der Waals surface area contributed by atoms with Crippen LogP contribution in [0, 0.1) is 11.8 Å². The van der Waals surface area contributed by atoms with Gasteiger partial charge in [-0.2, -0.15) is 0 Å². The van der Waals surface area contributed by atoms with Gasteiger partial charge in [0.15, 0.2) is 0 Å². The molecule has 2 aliphatic rings. The third kappa shape index (κ3) is 1.50. The lowest BCUT2D eigenvalue weighted by molar-refractivity contribution is 0.0940. The fourth-order valence-corrected chi connectivity index (χ4v) is 2.88. The van der Waals surface area contributed by atoms with Crippen LogP contribution in [-0.4, -0.2) is 24.3 Å². The van der Waals surface area contributed by atoms with Gasteiger partial charge in [0.2, 0.25) is 0 Å². The molecule has 0 aromatic heterocycles. The topological polar surface area (TPSA) is 32.3 Å². The van der Waals surface area contributed by atoms with E-state index in [0.29, 0.717) is 18.6 Å². The molecule has 2 N–H and O–H groups in total. The molecule has 0 aromatic carbocycles. The first kappa shape index (κ1) is 8.52. The van der Waals surface area contributed by atoms with E-state index in [1.807, 2.05) is 0 Å². The largest absolute Gasteiger partial charge is 0.396 e. The van der Waals surface area contributed by atoms with Crippen LogP contribution >= 0.6 is 0 Å². The highest BCUT2D eigenvalue weighted by molar-refractivity contribution is 4.89. The molecule has 2 nitrogen and oxygen atoms in total. The highest BCUT2D eigenvalue weighted by atomic mass is 16.3. The lowest BCUT2D eigenvalue weighted by atomic mass is 9.73. The Balaban J connectivity index is 1.99. The number of hydrogen-bond acceptors (Lipinski definition) is 2. The van der Waals surface area contributed by atoms with Crippen LogP contribution in [0.2, 0.25) is 0 Å². The van der Waals surface area contributed by atoms with Crippen LogP contribution in [0.4, 0.5) is 0 Å². The molecular weight excluding hydrogens is 150 g/mol. The van der Waals surface area contributed by atoms with Crippen LogP contribution in [-0.2, 0) is 0 Å². The van der Waals surface area contributed by atoms with Crippen molar-refractivity contribution < 1.29 is 5.11 Å². The van der Waals surface area contributed by atoms with Crippen molar-refractivity contribution in [3.8, 4) is 0 Å². The maximum Gasteiger partial charge on any atom is 0.0474 e. The Bertz CT molecular complexity index is 140. The fourth-order valence-electron chi connectivity index (χ4n) is 2.88. The Morgan fingerprint density at radius 3 is 2.83 bits per heavy atom. The molecule has 2 heteroatoms. The smallest absolute Gasteiger partial charge is 0.0474 e. The molecule has 0 radical (unpaired) electrons. The highest BCUT2D eigenvalue weighted by Crippen LogP contribution is 2.33. The number of aliphatic hydroxyl groups excluding tert-OH is 1. The fraction of sp³-hybridized carbons (Fsp3) is 1.00. The van der Waals surface area contributed by atoms with Crippen molar-refractivity contribution in [2.45, 2.75) is 38.1 Å². The van der Waals surface area contributed by atoms with Crippen LogP contribution < -0.4 is 5.32 Å². The predicted octanol–water partition coefficient (Wildman–Crippen LogP) is 1.15. The van der Waals surface area contributed by atoms with Crippen molar-refractivity contribution in [2.24, 2.45) is 11.8 Å². The van der Waals surface area contributed by atoms with Crippen LogP contribution in [0.25, 0.3) is 0 Å². The van der Waals surface area contributed by atoms with Crippen LogP contribution in [0.5, 0.6) is 0 Å². The molecule has 1 aliphatic carbocycles. The molecule has 0 bridgehead atoms. The molecule has 1 saturated heterocycles. The summed E-state index contributed by atoms with van der Waals surface area (Å²) in [5.41, 5.74) is 0. The van der Waals surface area contributed by atoms with Gasteiger partial charge in [0.05, 0.1) is 0 Å². The van der Waals surface area contributed by atoms with E-state index in [2.05, 4.69) is 5.32 Å². The first-order valence-electron chi connectivity index (χ1n) is 5.26. The third-order valence-electron chi connectivity index (χ3n) is 3.53. The van der Waals surface area contributed by atoms with Gasteiger partial charge >= 0.3 is 0 Å². The zero-order valence-corrected chi connectivity index (χ0v) is 7.63. The van der Waals surface area contributed by atoms with Gasteiger partial charge in [-0.15, -0.1) is 0 Å². The quantitative estimate of drug-likeness (QED) is 0.617. The Hall–Kier alpha value is -0.0800. The Morgan fingerprint density at radius 1 is 1.17 bits per heavy atom. The second-order valence-corrected chi connectivity index (χ2v) is 4.26. The van der Waals surface area contributed by atoms with E-state index in [1.165, 1.54) is 32.1 Å². The van der Waals surface area contributed by atoms with Crippen LogP contribution in [0.1, 0.15) is 32.1 Å². The molecule has 0 amide bonds. The van der Waals surface area contributed by atoms with Crippen molar-refractivity contribution in [2.75, 3.05) is 13.2 Å². The Morgan fingerprint density at radius 2 is 2.00 bits per heavy atom. The summed E-state index contributed by atoms with van der Waals surface area (Å²) in [6.07, 6.45) is 6.65. The van der Waals surface area contributed by atoms with Crippen molar-refractivity contribution >= 4 is 0 Å². The van der Waals surface area contributed by atoms with Gasteiger partial charge in [0.25, 0.3) is 0 Å². The van der Waals surface area contributed by atoms with Gasteiger partial charge in [-0.3, -0.25) is 0 Å². The molecule has 3 atom stereocenters. The average molecular weight is 169 g/mol. The summed E-state index contributed by atoms with van der Waals surface area (Å²) in [7, 11) is 0. The molecule has 0 spiro atoms. The standard InChI is InChI=1S/C10H19NO/c12-7-9-4-1-3-8-5-2-6-11-10(8)9/h8-12H,1-7H2/t8-,9-,10+/m0/s1. The zero-order chi connectivity index (χ0) is 8.39. The average Bonchev–Trinajstić information content (AvgIpc) is 2.17. The normalized spacial score (nSPS) is 42.2. The van der Waals surface area contributed by atoms with Gasteiger partial charge in [0, 0.05) is 12.6 Å². The maximum atomic E-state index is 9.19. The monoisotopic (exact) mass is 169 g/mol. The molecule has 2 rings (SSSR count). The van der Waals surface area contributed by atoms with E-state index >= 15 is 0 Å². The molecule has 0 aromatic rings. The van der Waals surface area contributed by atoms with Gasteiger partial charge in [-0.25, -0.2) is 0 Å². The molecule has 0 unspecified atom stereocenters. The van der Waals surface area contributed by atoms with Gasteiger partial charge in [-0.1, -0.05) is 6.42 Å². The minimum atomic E-state index is 0.383. The second-order valence-electron chi connectivity index (χ2n) is 4.26. The highest BCUT2D eigenvalue weighted by Gasteiger charge is 2.33. The van der Waals surface area contributed by atoms with E-state index < -0.39 is 0 Å². The number of rotatable bonds is 1. The molecule has 2 fully saturated rings. The molecule has 70 valence electrons. The minimum absolute atomic E-state index is 0.383. The Kier molecular flexibility index (Phi) is 2.66. The van der Waals surface area contributed by atoms with E-state index in [-0.39, 0.29) is 0 Å². The molecule has 1 saturated carbocycles. The number of nitrogens with one attached hydrogen (secondary N) is 1. The lowest BCUT2D eigenvalue weighted by Crippen LogP contribution is -2.49. The number of hydrogen-bond donors (Lipinski definition) is 2. The van der Waals surface area contributed by atoms with Crippen molar-refractivity contribution in [1.82, 2.24) is 5.32 Å². The van der Waals surface area contributed by atoms with Crippen molar-refractivity contribution in [3.05, 3.63) is 0 Å². The molecule has 1 aliphatic heterocycles. The summed E-state index contributed by atoms with van der Waals surface area (Å²) < 4.78 is 0. The summed E-state index contributed by atoms with van der Waals surface area (Å²) >= 11 is 0. The zero-order valence-electron chi connectivity index (χ0n) is 7.63. The maximum absolute atomic E-state index is 9.19. The lowest BCUT2D eigenvalue weighted by Gasteiger charge is -2.41. The molecule has 12 heavy (non-hydrogen) atoms.